The third-order valence-electron chi connectivity index (χ3n) is 3.08. The van der Waals surface area contributed by atoms with Crippen LogP contribution in [0.2, 0.25) is 0 Å². The summed E-state index contributed by atoms with van der Waals surface area (Å²) in [6.45, 7) is 1.44. The van der Waals surface area contributed by atoms with Crippen LogP contribution in [0.5, 0.6) is 0 Å². The normalized spacial score (nSPS) is 11.1. The van der Waals surface area contributed by atoms with Gasteiger partial charge in [-0.1, -0.05) is 11.3 Å². The maximum Gasteiger partial charge on any atom is 0.102 e. The quantitative estimate of drug-likeness (QED) is 0.626. The maximum absolute atomic E-state index is 8.78. The van der Waals surface area contributed by atoms with Gasteiger partial charge in [0.05, 0.1) is 24.5 Å². The van der Waals surface area contributed by atoms with E-state index in [0.29, 0.717) is 19.5 Å². The van der Waals surface area contributed by atoms with Crippen molar-refractivity contribution in [1.29, 1.82) is 0 Å². The second kappa shape index (κ2) is 5.70. The zero-order chi connectivity index (χ0) is 13.8. The van der Waals surface area contributed by atoms with E-state index < -0.39 is 0 Å². The molecule has 0 aliphatic heterocycles. The molecule has 0 saturated heterocycles. The van der Waals surface area contributed by atoms with Crippen LogP contribution in [0.25, 0.3) is 10.9 Å². The van der Waals surface area contributed by atoms with Crippen molar-refractivity contribution < 1.29 is 5.11 Å². The van der Waals surface area contributed by atoms with Gasteiger partial charge in [-0.05, 0) is 18.6 Å². The van der Waals surface area contributed by atoms with Gasteiger partial charge in [-0.2, -0.15) is 5.10 Å². The lowest BCUT2D eigenvalue weighted by Crippen LogP contribution is -2.01. The van der Waals surface area contributed by atoms with Crippen LogP contribution in [0.15, 0.2) is 30.6 Å². The fourth-order valence-electron chi connectivity index (χ4n) is 2.07. The largest absolute Gasteiger partial charge is 0.396 e. The highest BCUT2D eigenvalue weighted by molar-refractivity contribution is 5.90. The lowest BCUT2D eigenvalue weighted by molar-refractivity contribution is 0.276. The summed E-state index contributed by atoms with van der Waals surface area (Å²) >= 11 is 0. The summed E-state index contributed by atoms with van der Waals surface area (Å²) in [7, 11) is 0. The van der Waals surface area contributed by atoms with E-state index in [1.165, 1.54) is 0 Å². The topological polar surface area (TPSA) is 91.7 Å². The molecule has 0 fully saturated rings. The number of fused-ring (bicyclic) bond motifs is 1. The number of aromatic nitrogens is 5. The van der Waals surface area contributed by atoms with Gasteiger partial charge in [-0.25, -0.2) is 0 Å². The van der Waals surface area contributed by atoms with Crippen molar-refractivity contribution in [3.8, 4) is 0 Å². The molecule has 3 aromatic rings. The van der Waals surface area contributed by atoms with Gasteiger partial charge < -0.3 is 10.4 Å². The van der Waals surface area contributed by atoms with E-state index in [4.69, 9.17) is 5.11 Å². The van der Waals surface area contributed by atoms with Crippen molar-refractivity contribution in [2.75, 3.05) is 11.9 Å². The van der Waals surface area contributed by atoms with Gasteiger partial charge in [-0.3, -0.25) is 9.78 Å². The van der Waals surface area contributed by atoms with Crippen LogP contribution in [0.1, 0.15) is 12.1 Å². The highest BCUT2D eigenvalue weighted by Gasteiger charge is 2.04. The Kier molecular flexibility index (Phi) is 3.60. The van der Waals surface area contributed by atoms with Crippen molar-refractivity contribution in [2.24, 2.45) is 0 Å². The van der Waals surface area contributed by atoms with Gasteiger partial charge in [0.25, 0.3) is 0 Å². The van der Waals surface area contributed by atoms with Crippen molar-refractivity contribution in [2.45, 2.75) is 19.5 Å². The Hall–Kier alpha value is -2.41. The molecule has 0 aliphatic carbocycles. The minimum absolute atomic E-state index is 0.163. The first-order chi connectivity index (χ1) is 9.86. The van der Waals surface area contributed by atoms with Crippen LogP contribution in [0.3, 0.4) is 0 Å². The summed E-state index contributed by atoms with van der Waals surface area (Å²) in [6, 6.07) is 5.97. The summed E-state index contributed by atoms with van der Waals surface area (Å²) in [5, 5.41) is 28.3. The molecule has 0 saturated carbocycles. The lowest BCUT2D eigenvalue weighted by Gasteiger charge is -2.04. The Morgan fingerprint density at radius 1 is 1.35 bits per heavy atom. The lowest BCUT2D eigenvalue weighted by atomic mass is 10.2. The van der Waals surface area contributed by atoms with Crippen molar-refractivity contribution in [1.82, 2.24) is 25.2 Å². The molecule has 3 rings (SSSR count). The van der Waals surface area contributed by atoms with Gasteiger partial charge in [0.1, 0.15) is 5.69 Å². The summed E-state index contributed by atoms with van der Waals surface area (Å²) in [5.41, 5.74) is 2.88. The number of hydrogen-bond donors (Lipinski definition) is 3. The summed E-state index contributed by atoms with van der Waals surface area (Å²) in [6.07, 6.45) is 4.37. The van der Waals surface area contributed by atoms with Crippen LogP contribution in [-0.4, -0.2) is 36.9 Å². The zero-order valence-electron chi connectivity index (χ0n) is 11.0. The second-order valence-electron chi connectivity index (χ2n) is 4.54. The van der Waals surface area contributed by atoms with E-state index in [1.807, 2.05) is 24.4 Å². The number of aliphatic hydroxyl groups excluding tert-OH is 1. The van der Waals surface area contributed by atoms with E-state index in [2.05, 4.69) is 25.8 Å². The van der Waals surface area contributed by atoms with E-state index in [9.17, 15) is 0 Å². The predicted molar refractivity (Wildman–Crippen MR) is 75.1 cm³/mol. The fraction of sp³-hybridized carbons (Fsp3) is 0.308. The maximum atomic E-state index is 8.78. The average molecular weight is 272 g/mol. The van der Waals surface area contributed by atoms with Crippen LogP contribution in [-0.2, 0) is 13.1 Å². The third-order valence-corrected chi connectivity index (χ3v) is 3.08. The highest BCUT2D eigenvalue weighted by Crippen LogP contribution is 2.21. The molecule has 0 unspecified atom stereocenters. The molecule has 1 aromatic carbocycles. The molecule has 0 bridgehead atoms. The molecular weight excluding hydrogens is 256 g/mol. The monoisotopic (exact) mass is 272 g/mol. The van der Waals surface area contributed by atoms with Gasteiger partial charge >= 0.3 is 0 Å². The van der Waals surface area contributed by atoms with Crippen LogP contribution in [0, 0.1) is 0 Å². The molecular formula is C13H16N6O. The van der Waals surface area contributed by atoms with Gasteiger partial charge in [0, 0.05) is 24.2 Å². The molecule has 7 nitrogen and oxygen atoms in total. The Balaban J connectivity index is 1.67. The number of benzene rings is 1. The number of aryl methyl sites for hydroxylation is 1. The molecule has 0 aliphatic rings. The van der Waals surface area contributed by atoms with E-state index >= 15 is 0 Å². The molecule has 0 atom stereocenters. The Bertz CT molecular complexity index is 689. The number of aliphatic hydroxyl groups is 1. The minimum atomic E-state index is 0.163. The number of aromatic amines is 1. The molecule has 20 heavy (non-hydrogen) atoms. The summed E-state index contributed by atoms with van der Waals surface area (Å²) in [5.74, 6) is 0. The number of nitrogens with one attached hydrogen (secondary N) is 2. The Morgan fingerprint density at radius 3 is 3.20 bits per heavy atom. The Morgan fingerprint density at radius 2 is 2.30 bits per heavy atom. The number of rotatable bonds is 6. The summed E-state index contributed by atoms with van der Waals surface area (Å²) < 4.78 is 1.74. The molecule has 0 spiro atoms. The first kappa shape index (κ1) is 12.6. The standard InChI is InChI=1S/C13H16N6O/c20-6-2-5-19-9-10(16-18-19)7-14-12-3-1-4-13-11(12)8-15-17-13/h1,3-4,8-9,14,20H,2,5-7H2,(H,15,17). The highest BCUT2D eigenvalue weighted by atomic mass is 16.3. The molecule has 3 N–H and O–H groups in total. The van der Waals surface area contributed by atoms with E-state index in [-0.39, 0.29) is 6.61 Å². The molecule has 0 radical (unpaired) electrons. The van der Waals surface area contributed by atoms with Crippen molar-refractivity contribution >= 4 is 16.6 Å². The van der Waals surface area contributed by atoms with E-state index in [1.54, 1.807) is 10.9 Å². The predicted octanol–water partition coefficient (Wildman–Crippen LogP) is 1.15. The number of H-pyrrole nitrogens is 1. The average Bonchev–Trinajstić information content (AvgIpc) is 3.11. The van der Waals surface area contributed by atoms with E-state index in [0.717, 1.165) is 22.3 Å². The minimum Gasteiger partial charge on any atom is -0.396 e. The van der Waals surface area contributed by atoms with Crippen molar-refractivity contribution in [3.05, 3.63) is 36.3 Å². The molecule has 7 heteroatoms. The molecule has 0 amide bonds. The number of hydrogen-bond acceptors (Lipinski definition) is 5. The smallest absolute Gasteiger partial charge is 0.102 e. The first-order valence-electron chi connectivity index (χ1n) is 6.52. The Labute approximate surface area is 115 Å². The van der Waals surface area contributed by atoms with Crippen LogP contribution < -0.4 is 5.32 Å². The number of anilines is 1. The SMILES string of the molecule is OCCCn1cc(CNc2cccc3[nH]ncc23)nn1. The molecule has 2 heterocycles. The second-order valence-corrected chi connectivity index (χ2v) is 4.54. The fourth-order valence-corrected chi connectivity index (χ4v) is 2.07. The van der Waals surface area contributed by atoms with Gasteiger partial charge in [0.15, 0.2) is 0 Å². The molecule has 2 aromatic heterocycles. The van der Waals surface area contributed by atoms with Gasteiger partial charge in [0.2, 0.25) is 0 Å². The van der Waals surface area contributed by atoms with Gasteiger partial charge in [-0.15, -0.1) is 5.10 Å². The third kappa shape index (κ3) is 2.62. The number of nitrogens with zero attached hydrogens (tertiary/aromatic N) is 4. The van der Waals surface area contributed by atoms with Crippen LogP contribution in [0.4, 0.5) is 5.69 Å². The van der Waals surface area contributed by atoms with Crippen LogP contribution >= 0.6 is 0 Å². The zero-order valence-corrected chi connectivity index (χ0v) is 11.0. The summed E-state index contributed by atoms with van der Waals surface area (Å²) in [4.78, 5) is 0. The van der Waals surface area contributed by atoms with Crippen molar-refractivity contribution in [3.63, 3.8) is 0 Å². The first-order valence-corrected chi connectivity index (χ1v) is 6.52. The molecule has 104 valence electrons.